The van der Waals surface area contributed by atoms with Crippen LogP contribution in [0.2, 0.25) is 0 Å². The number of anilines is 1. The summed E-state index contributed by atoms with van der Waals surface area (Å²) in [5, 5.41) is 7.74. The summed E-state index contributed by atoms with van der Waals surface area (Å²) >= 11 is 0. The van der Waals surface area contributed by atoms with Crippen LogP contribution in [0.4, 0.5) is 5.82 Å². The SMILES string of the molecule is CCN(CC)S(=O)(=O)c1ccc(C(=O)Nc2c3cnn(-c4ccccc4)c3nc(=O)n2-c2ccccc2)cc1. The Morgan fingerprint density at radius 2 is 1.46 bits per heavy atom. The Balaban J connectivity index is 1.59. The fourth-order valence-electron chi connectivity index (χ4n) is 4.34. The van der Waals surface area contributed by atoms with Gasteiger partial charge in [0.1, 0.15) is 5.82 Å². The van der Waals surface area contributed by atoms with Gasteiger partial charge in [-0.1, -0.05) is 50.2 Å². The van der Waals surface area contributed by atoms with Gasteiger partial charge in [0.2, 0.25) is 10.0 Å². The molecule has 3 aromatic carbocycles. The molecule has 0 saturated heterocycles. The number of rotatable bonds is 8. The van der Waals surface area contributed by atoms with Crippen LogP contribution < -0.4 is 11.0 Å². The highest BCUT2D eigenvalue weighted by atomic mass is 32.2. The van der Waals surface area contributed by atoms with Gasteiger partial charge in [0, 0.05) is 18.7 Å². The van der Waals surface area contributed by atoms with Gasteiger partial charge in [-0.25, -0.2) is 22.5 Å². The molecule has 198 valence electrons. The van der Waals surface area contributed by atoms with Crippen molar-refractivity contribution in [1.82, 2.24) is 23.6 Å². The van der Waals surface area contributed by atoms with Crippen molar-refractivity contribution in [2.45, 2.75) is 18.7 Å². The van der Waals surface area contributed by atoms with E-state index in [0.29, 0.717) is 29.9 Å². The number of carbonyl (C=O) groups is 1. The molecule has 11 heteroatoms. The minimum absolute atomic E-state index is 0.0967. The van der Waals surface area contributed by atoms with Crippen molar-refractivity contribution in [3.05, 3.63) is 107 Å². The molecule has 2 aromatic heterocycles. The van der Waals surface area contributed by atoms with E-state index in [1.165, 1.54) is 37.8 Å². The van der Waals surface area contributed by atoms with E-state index in [4.69, 9.17) is 0 Å². The lowest BCUT2D eigenvalue weighted by molar-refractivity contribution is 0.102. The van der Waals surface area contributed by atoms with Crippen LogP contribution in [0, 0.1) is 0 Å². The Morgan fingerprint density at radius 3 is 2.05 bits per heavy atom. The fraction of sp³-hybridized carbons (Fsp3) is 0.143. The van der Waals surface area contributed by atoms with Crippen LogP contribution in [0.15, 0.2) is 101 Å². The molecule has 5 aromatic rings. The molecular weight excluding hydrogens is 516 g/mol. The van der Waals surface area contributed by atoms with E-state index in [2.05, 4.69) is 15.4 Å². The van der Waals surface area contributed by atoms with Crippen LogP contribution >= 0.6 is 0 Å². The Kier molecular flexibility index (Phi) is 7.09. The van der Waals surface area contributed by atoms with Crippen LogP contribution in [0.25, 0.3) is 22.4 Å². The molecule has 0 aliphatic carbocycles. The zero-order chi connectivity index (χ0) is 27.6. The first kappa shape index (κ1) is 26.0. The van der Waals surface area contributed by atoms with Crippen LogP contribution in [0.1, 0.15) is 24.2 Å². The molecule has 2 heterocycles. The maximum atomic E-state index is 13.4. The van der Waals surface area contributed by atoms with E-state index in [9.17, 15) is 18.0 Å². The quantitative estimate of drug-likeness (QED) is 0.318. The molecule has 5 rings (SSSR count). The lowest BCUT2D eigenvalue weighted by Gasteiger charge is -2.18. The molecule has 0 aliphatic rings. The van der Waals surface area contributed by atoms with Crippen LogP contribution in [-0.2, 0) is 10.0 Å². The summed E-state index contributed by atoms with van der Waals surface area (Å²) in [5.74, 6) is -0.325. The molecule has 0 unspecified atom stereocenters. The normalized spacial score (nSPS) is 11.7. The number of benzene rings is 3. The number of carbonyl (C=O) groups excluding carboxylic acids is 1. The van der Waals surface area contributed by atoms with Crippen molar-refractivity contribution in [3.8, 4) is 11.4 Å². The summed E-state index contributed by atoms with van der Waals surface area (Å²) in [6.07, 6.45) is 1.55. The summed E-state index contributed by atoms with van der Waals surface area (Å²) in [5.41, 5.74) is 1.14. The van der Waals surface area contributed by atoms with Crippen LogP contribution in [0.5, 0.6) is 0 Å². The molecule has 1 N–H and O–H groups in total. The number of hydrogen-bond donors (Lipinski definition) is 1. The van der Waals surface area contributed by atoms with Gasteiger partial charge in [0.25, 0.3) is 5.91 Å². The van der Waals surface area contributed by atoms with Crippen molar-refractivity contribution in [3.63, 3.8) is 0 Å². The van der Waals surface area contributed by atoms with E-state index in [-0.39, 0.29) is 21.9 Å². The molecule has 10 nitrogen and oxygen atoms in total. The molecule has 0 fully saturated rings. The summed E-state index contributed by atoms with van der Waals surface area (Å²) in [6, 6.07) is 23.8. The minimum atomic E-state index is -3.67. The minimum Gasteiger partial charge on any atom is -0.307 e. The molecule has 0 saturated carbocycles. The smallest absolute Gasteiger partial charge is 0.307 e. The molecule has 0 bridgehead atoms. The number of fused-ring (bicyclic) bond motifs is 1. The van der Waals surface area contributed by atoms with E-state index in [1.54, 1.807) is 44.3 Å². The largest absolute Gasteiger partial charge is 0.355 e. The molecule has 0 atom stereocenters. The second kappa shape index (κ2) is 10.6. The first-order chi connectivity index (χ1) is 18.8. The van der Waals surface area contributed by atoms with Gasteiger partial charge in [0.15, 0.2) is 5.65 Å². The van der Waals surface area contributed by atoms with E-state index < -0.39 is 21.6 Å². The average Bonchev–Trinajstić information content (AvgIpc) is 3.38. The third-order valence-electron chi connectivity index (χ3n) is 6.32. The zero-order valence-corrected chi connectivity index (χ0v) is 22.2. The predicted molar refractivity (Wildman–Crippen MR) is 149 cm³/mol. The van der Waals surface area contributed by atoms with Crippen molar-refractivity contribution in [2.75, 3.05) is 18.4 Å². The van der Waals surface area contributed by atoms with E-state index in [0.717, 1.165) is 0 Å². The van der Waals surface area contributed by atoms with Gasteiger partial charge in [0.05, 0.1) is 27.9 Å². The number of para-hydroxylation sites is 2. The van der Waals surface area contributed by atoms with Gasteiger partial charge in [-0.05, 0) is 48.5 Å². The molecule has 0 aliphatic heterocycles. The highest BCUT2D eigenvalue weighted by Crippen LogP contribution is 2.26. The van der Waals surface area contributed by atoms with Gasteiger partial charge >= 0.3 is 5.69 Å². The maximum absolute atomic E-state index is 13.4. The number of aromatic nitrogens is 4. The second-order valence-electron chi connectivity index (χ2n) is 8.61. The summed E-state index contributed by atoms with van der Waals surface area (Å²) in [7, 11) is -3.67. The number of hydrogen-bond acceptors (Lipinski definition) is 6. The number of sulfonamides is 1. The number of nitrogens with one attached hydrogen (secondary N) is 1. The van der Waals surface area contributed by atoms with Gasteiger partial charge in [-0.2, -0.15) is 14.4 Å². The summed E-state index contributed by atoms with van der Waals surface area (Å²) in [6.45, 7) is 4.22. The first-order valence-electron chi connectivity index (χ1n) is 12.4. The standard InChI is InChI=1S/C28H26N6O4S/c1-3-32(4-2)39(37,38)23-17-15-20(16-18-23)27(35)30-25-24-19-29-34(22-13-9-6-10-14-22)26(24)31-28(36)33(25)21-11-7-5-8-12-21/h5-19H,3-4H2,1-2H3,(H,30,35). The number of nitrogens with zero attached hydrogens (tertiary/aromatic N) is 5. The Morgan fingerprint density at radius 1 is 0.872 bits per heavy atom. The topological polar surface area (TPSA) is 119 Å². The Hall–Kier alpha value is -4.61. The molecule has 0 radical (unpaired) electrons. The van der Waals surface area contributed by atoms with Crippen molar-refractivity contribution >= 4 is 32.8 Å². The molecule has 39 heavy (non-hydrogen) atoms. The third kappa shape index (κ3) is 4.85. The first-order valence-corrected chi connectivity index (χ1v) is 13.8. The molecule has 0 spiro atoms. The van der Waals surface area contributed by atoms with Gasteiger partial charge < -0.3 is 5.32 Å². The van der Waals surface area contributed by atoms with Crippen molar-refractivity contribution in [2.24, 2.45) is 0 Å². The third-order valence-corrected chi connectivity index (χ3v) is 8.39. The molecular formula is C28H26N6O4S. The Labute approximate surface area is 225 Å². The monoisotopic (exact) mass is 542 g/mol. The summed E-state index contributed by atoms with van der Waals surface area (Å²) in [4.78, 5) is 31.1. The molecule has 1 amide bonds. The zero-order valence-electron chi connectivity index (χ0n) is 21.4. The highest BCUT2D eigenvalue weighted by Gasteiger charge is 2.23. The average molecular weight is 543 g/mol. The van der Waals surface area contributed by atoms with E-state index in [1.807, 2.05) is 36.4 Å². The second-order valence-corrected chi connectivity index (χ2v) is 10.5. The summed E-state index contributed by atoms with van der Waals surface area (Å²) < 4.78 is 29.9. The van der Waals surface area contributed by atoms with Crippen LogP contribution in [0.3, 0.4) is 0 Å². The van der Waals surface area contributed by atoms with Gasteiger partial charge in [-0.3, -0.25) is 4.79 Å². The maximum Gasteiger partial charge on any atom is 0.355 e. The number of amides is 1. The van der Waals surface area contributed by atoms with E-state index >= 15 is 0 Å². The van der Waals surface area contributed by atoms with Gasteiger partial charge in [-0.15, -0.1) is 0 Å². The fourth-order valence-corrected chi connectivity index (χ4v) is 5.80. The van der Waals surface area contributed by atoms with Crippen molar-refractivity contribution in [1.29, 1.82) is 0 Å². The van der Waals surface area contributed by atoms with Crippen LogP contribution in [-0.4, -0.2) is 51.1 Å². The predicted octanol–water partition coefficient (Wildman–Crippen LogP) is 3.85. The lowest BCUT2D eigenvalue weighted by Crippen LogP contribution is -2.30. The highest BCUT2D eigenvalue weighted by molar-refractivity contribution is 7.89. The lowest BCUT2D eigenvalue weighted by atomic mass is 10.2. The van der Waals surface area contributed by atoms with Crippen molar-refractivity contribution < 1.29 is 13.2 Å². The Bertz CT molecular complexity index is 1790.